The number of pyridine rings is 1. The van der Waals surface area contributed by atoms with Gasteiger partial charge in [0.15, 0.2) is 0 Å². The van der Waals surface area contributed by atoms with Crippen LogP contribution in [0.4, 0.5) is 4.39 Å². The van der Waals surface area contributed by atoms with E-state index in [1.165, 1.54) is 12.1 Å². The molecule has 1 aromatic carbocycles. The molecule has 0 bridgehead atoms. The summed E-state index contributed by atoms with van der Waals surface area (Å²) in [6.07, 6.45) is 3.80. The first-order chi connectivity index (χ1) is 12.5. The number of amides is 1. The van der Waals surface area contributed by atoms with Crippen molar-refractivity contribution in [1.29, 1.82) is 0 Å². The maximum atomic E-state index is 13.9. The third-order valence-corrected chi connectivity index (χ3v) is 4.37. The molecule has 7 heteroatoms. The molecule has 0 radical (unpaired) electrons. The molecule has 0 spiro atoms. The van der Waals surface area contributed by atoms with E-state index in [2.05, 4.69) is 15.3 Å². The van der Waals surface area contributed by atoms with Crippen molar-refractivity contribution < 1.29 is 9.18 Å². The Labute approximate surface area is 154 Å². The first-order valence-corrected chi connectivity index (χ1v) is 8.82. The first-order valence-electron chi connectivity index (χ1n) is 8.44. The summed E-state index contributed by atoms with van der Waals surface area (Å²) in [5, 5.41) is 3.82. The molecule has 136 valence electrons. The predicted molar refractivity (Wildman–Crippen MR) is 100 cm³/mol. The van der Waals surface area contributed by atoms with Crippen LogP contribution in [0.5, 0.6) is 0 Å². The van der Waals surface area contributed by atoms with Crippen LogP contribution in [0.15, 0.2) is 35.3 Å². The largest absolute Gasteiger partial charge is 0.359 e. The summed E-state index contributed by atoms with van der Waals surface area (Å²) >= 11 is 5.92. The van der Waals surface area contributed by atoms with E-state index in [1.807, 2.05) is 6.92 Å². The third-order valence-electron chi connectivity index (χ3n) is 4.15. The van der Waals surface area contributed by atoms with Crippen molar-refractivity contribution in [3.8, 4) is 0 Å². The van der Waals surface area contributed by atoms with E-state index < -0.39 is 5.82 Å². The Morgan fingerprint density at radius 2 is 2.04 bits per heavy atom. The van der Waals surface area contributed by atoms with Crippen LogP contribution < -0.4 is 10.9 Å². The molecule has 0 aliphatic carbocycles. The molecule has 0 aliphatic heterocycles. The highest BCUT2D eigenvalue weighted by atomic mass is 35.5. The van der Waals surface area contributed by atoms with Gasteiger partial charge in [-0.2, -0.15) is 0 Å². The van der Waals surface area contributed by atoms with Gasteiger partial charge in [0.2, 0.25) is 5.56 Å². The van der Waals surface area contributed by atoms with Gasteiger partial charge < -0.3 is 15.3 Å². The molecular weight excluding hydrogens is 357 g/mol. The molecule has 3 N–H and O–H groups in total. The summed E-state index contributed by atoms with van der Waals surface area (Å²) in [4.78, 5) is 29.6. The van der Waals surface area contributed by atoms with Gasteiger partial charge >= 0.3 is 0 Å². The first kappa shape index (κ1) is 18.2. The molecule has 0 saturated carbocycles. The van der Waals surface area contributed by atoms with E-state index in [4.69, 9.17) is 11.6 Å². The number of rotatable bonds is 6. The lowest BCUT2D eigenvalue weighted by Gasteiger charge is -2.07. The van der Waals surface area contributed by atoms with E-state index in [0.717, 1.165) is 17.7 Å². The minimum Gasteiger partial charge on any atom is -0.359 e. The number of hydrogen-bond acceptors (Lipinski definition) is 2. The topological polar surface area (TPSA) is 77.8 Å². The third kappa shape index (κ3) is 3.96. The zero-order chi connectivity index (χ0) is 18.7. The highest BCUT2D eigenvalue weighted by Gasteiger charge is 2.11. The Hall–Kier alpha value is -2.60. The Kier molecular flexibility index (Phi) is 5.42. The van der Waals surface area contributed by atoms with Crippen molar-refractivity contribution in [1.82, 2.24) is 15.3 Å². The number of carbonyl (C=O) groups excluding carboxylic acids is 1. The highest BCUT2D eigenvalue weighted by molar-refractivity contribution is 6.31. The zero-order valence-corrected chi connectivity index (χ0v) is 15.0. The number of halogens is 2. The van der Waals surface area contributed by atoms with Gasteiger partial charge in [-0.3, -0.25) is 9.59 Å². The predicted octanol–water partition coefficient (Wildman–Crippen LogP) is 3.57. The van der Waals surface area contributed by atoms with Crippen LogP contribution in [-0.2, 0) is 12.8 Å². The average molecular weight is 376 g/mol. The fourth-order valence-electron chi connectivity index (χ4n) is 2.97. The summed E-state index contributed by atoms with van der Waals surface area (Å²) in [7, 11) is 0. The lowest BCUT2D eigenvalue weighted by molar-refractivity contribution is 0.0954. The summed E-state index contributed by atoms with van der Waals surface area (Å²) < 4.78 is 13.9. The molecule has 1 amide bonds. The van der Waals surface area contributed by atoms with Crippen molar-refractivity contribution in [2.45, 2.75) is 26.2 Å². The second-order valence-electron chi connectivity index (χ2n) is 6.14. The van der Waals surface area contributed by atoms with Gasteiger partial charge in [-0.1, -0.05) is 24.9 Å². The molecule has 3 aromatic rings. The molecular formula is C19H19ClFN3O2. The Bertz CT molecular complexity index is 1010. The fraction of sp³-hybridized carbons (Fsp3) is 0.263. The number of hydrogen-bond donors (Lipinski definition) is 3. The monoisotopic (exact) mass is 375 g/mol. The van der Waals surface area contributed by atoms with Gasteiger partial charge in [0.1, 0.15) is 5.82 Å². The maximum Gasteiger partial charge on any atom is 0.251 e. The molecule has 0 unspecified atom stereocenters. The van der Waals surface area contributed by atoms with E-state index >= 15 is 0 Å². The Balaban J connectivity index is 1.69. The van der Waals surface area contributed by atoms with Gasteiger partial charge in [0.05, 0.1) is 5.52 Å². The second-order valence-corrected chi connectivity index (χ2v) is 6.57. The zero-order valence-electron chi connectivity index (χ0n) is 14.3. The SMILES string of the molecule is CCCc1cc(C(=O)NCCc2c[nH]c3c(F)cc(Cl)cc23)cc(=O)[nH]1. The molecule has 26 heavy (non-hydrogen) atoms. The Morgan fingerprint density at radius 3 is 2.81 bits per heavy atom. The van der Waals surface area contributed by atoms with Crippen LogP contribution in [-0.4, -0.2) is 22.4 Å². The number of H-pyrrole nitrogens is 2. The molecule has 2 heterocycles. The molecule has 0 saturated heterocycles. The van der Waals surface area contributed by atoms with Gasteiger partial charge in [0, 0.05) is 40.5 Å². The van der Waals surface area contributed by atoms with Crippen LogP contribution in [0, 0.1) is 5.82 Å². The van der Waals surface area contributed by atoms with Crippen molar-refractivity contribution in [2.75, 3.05) is 6.54 Å². The maximum absolute atomic E-state index is 13.9. The second kappa shape index (κ2) is 7.74. The number of aromatic amines is 2. The van der Waals surface area contributed by atoms with E-state index in [-0.39, 0.29) is 11.5 Å². The minimum atomic E-state index is -0.408. The van der Waals surface area contributed by atoms with Crippen LogP contribution in [0.25, 0.3) is 10.9 Å². The standard InChI is InChI=1S/C19H19ClFN3O2/c1-2-3-14-6-12(7-17(25)24-14)19(26)22-5-4-11-10-23-18-15(11)8-13(20)9-16(18)21/h6-10,23H,2-5H2,1H3,(H,22,26)(H,24,25). The molecule has 0 atom stereocenters. The average Bonchev–Trinajstić information content (AvgIpc) is 2.98. The number of fused-ring (bicyclic) bond motifs is 1. The molecule has 3 rings (SSSR count). The van der Waals surface area contributed by atoms with E-state index in [9.17, 15) is 14.0 Å². The highest BCUT2D eigenvalue weighted by Crippen LogP contribution is 2.25. The van der Waals surface area contributed by atoms with Crippen LogP contribution in [0.3, 0.4) is 0 Å². The number of benzene rings is 1. The van der Waals surface area contributed by atoms with Gasteiger partial charge in [-0.15, -0.1) is 0 Å². The normalized spacial score (nSPS) is 11.0. The summed E-state index contributed by atoms with van der Waals surface area (Å²) in [5.74, 6) is -0.716. The number of aryl methyl sites for hydroxylation is 1. The molecule has 5 nitrogen and oxygen atoms in total. The summed E-state index contributed by atoms with van der Waals surface area (Å²) in [5.41, 5.74) is 2.05. The quantitative estimate of drug-likeness (QED) is 0.615. The van der Waals surface area contributed by atoms with Crippen LogP contribution >= 0.6 is 11.6 Å². The summed E-state index contributed by atoms with van der Waals surface area (Å²) in [6, 6.07) is 5.94. The number of carbonyl (C=O) groups is 1. The van der Waals surface area contributed by atoms with Gasteiger partial charge in [0.25, 0.3) is 5.91 Å². The van der Waals surface area contributed by atoms with Crippen LogP contribution in [0.2, 0.25) is 5.02 Å². The minimum absolute atomic E-state index is 0.289. The Morgan fingerprint density at radius 1 is 1.23 bits per heavy atom. The lowest BCUT2D eigenvalue weighted by atomic mass is 10.1. The van der Waals surface area contributed by atoms with E-state index in [0.29, 0.717) is 40.9 Å². The van der Waals surface area contributed by atoms with Crippen LogP contribution in [0.1, 0.15) is 35.0 Å². The van der Waals surface area contributed by atoms with Crippen molar-refractivity contribution in [3.05, 3.63) is 68.5 Å². The van der Waals surface area contributed by atoms with Gasteiger partial charge in [-0.05, 0) is 36.6 Å². The molecule has 0 aliphatic rings. The summed E-state index contributed by atoms with van der Waals surface area (Å²) in [6.45, 7) is 2.36. The van der Waals surface area contributed by atoms with Crippen molar-refractivity contribution >= 4 is 28.4 Å². The molecule has 2 aromatic heterocycles. The van der Waals surface area contributed by atoms with E-state index in [1.54, 1.807) is 18.3 Å². The molecule has 0 fully saturated rings. The smallest absolute Gasteiger partial charge is 0.251 e. The lowest BCUT2D eigenvalue weighted by Crippen LogP contribution is -2.27. The number of nitrogens with one attached hydrogen (secondary N) is 3. The van der Waals surface area contributed by atoms with Crippen molar-refractivity contribution in [3.63, 3.8) is 0 Å². The fourth-order valence-corrected chi connectivity index (χ4v) is 3.17. The number of aromatic nitrogens is 2. The van der Waals surface area contributed by atoms with Crippen molar-refractivity contribution in [2.24, 2.45) is 0 Å². The van der Waals surface area contributed by atoms with Gasteiger partial charge in [-0.25, -0.2) is 4.39 Å².